The maximum Gasteiger partial charge on any atom is 0.274 e. The molecular formula is C19H22ClFN4O3S. The second-order valence-corrected chi connectivity index (χ2v) is 10.2. The second-order valence-electron chi connectivity index (χ2n) is 7.33. The van der Waals surface area contributed by atoms with Crippen LogP contribution in [0.5, 0.6) is 0 Å². The standard InChI is InChI=1S/C19H22ClFN4O3S/c1-11-17(22)25-19(2,7-8-29(11,27)28)14-9-13(4-5-15(14)21)24-18(26)16-6-3-12(20)10-23-16/h3-6,9-11,17,25H,7-8,22H2,1-2H3,(H,24,26)/t11-,17?,19?/m0/s1. The summed E-state index contributed by atoms with van der Waals surface area (Å²) >= 11 is 5.78. The molecule has 2 aromatic rings. The van der Waals surface area contributed by atoms with Gasteiger partial charge in [0, 0.05) is 23.0 Å². The van der Waals surface area contributed by atoms with Gasteiger partial charge in [0.15, 0.2) is 9.84 Å². The minimum absolute atomic E-state index is 0.129. The lowest BCUT2D eigenvalue weighted by Gasteiger charge is -2.33. The molecule has 0 radical (unpaired) electrons. The molecular weight excluding hydrogens is 419 g/mol. The predicted octanol–water partition coefficient (Wildman–Crippen LogP) is 2.42. The van der Waals surface area contributed by atoms with E-state index in [1.165, 1.54) is 37.4 Å². The van der Waals surface area contributed by atoms with Crippen LogP contribution in [0.15, 0.2) is 36.5 Å². The summed E-state index contributed by atoms with van der Waals surface area (Å²) in [6.07, 6.45) is 0.635. The smallest absolute Gasteiger partial charge is 0.274 e. The van der Waals surface area contributed by atoms with E-state index in [-0.39, 0.29) is 23.4 Å². The lowest BCUT2D eigenvalue weighted by Crippen LogP contribution is -2.54. The van der Waals surface area contributed by atoms with Crippen molar-refractivity contribution in [3.05, 3.63) is 58.6 Å². The highest BCUT2D eigenvalue weighted by Crippen LogP contribution is 2.33. The Hall–Kier alpha value is -2.07. The lowest BCUT2D eigenvalue weighted by atomic mass is 9.88. The molecule has 0 bridgehead atoms. The fourth-order valence-electron chi connectivity index (χ4n) is 3.26. The SMILES string of the molecule is C[C@H]1C(N)NC(C)(c2cc(NC(=O)c3ccc(Cl)cn3)ccc2F)CCS1(=O)=O. The molecule has 1 aliphatic heterocycles. The number of hydrogen-bond donors (Lipinski definition) is 3. The molecule has 4 N–H and O–H groups in total. The molecule has 2 unspecified atom stereocenters. The first kappa shape index (κ1) is 21.6. The number of benzene rings is 1. The average Bonchev–Trinajstić information content (AvgIpc) is 2.74. The zero-order valence-electron chi connectivity index (χ0n) is 15.9. The topological polar surface area (TPSA) is 114 Å². The molecule has 1 aromatic heterocycles. The van der Waals surface area contributed by atoms with Gasteiger partial charge in [-0.05, 0) is 50.6 Å². The van der Waals surface area contributed by atoms with Crippen LogP contribution < -0.4 is 16.4 Å². The fourth-order valence-corrected chi connectivity index (χ4v) is 4.95. The number of carbonyl (C=O) groups is 1. The first-order chi connectivity index (χ1) is 13.5. The van der Waals surface area contributed by atoms with E-state index in [2.05, 4.69) is 15.6 Å². The zero-order valence-corrected chi connectivity index (χ0v) is 17.5. The van der Waals surface area contributed by atoms with E-state index in [0.29, 0.717) is 10.7 Å². The van der Waals surface area contributed by atoms with E-state index in [4.69, 9.17) is 17.3 Å². The molecule has 1 fully saturated rings. The number of nitrogens with one attached hydrogen (secondary N) is 2. The molecule has 1 aliphatic rings. The van der Waals surface area contributed by atoms with Gasteiger partial charge in [0.2, 0.25) is 0 Å². The molecule has 156 valence electrons. The monoisotopic (exact) mass is 440 g/mol. The molecule has 29 heavy (non-hydrogen) atoms. The van der Waals surface area contributed by atoms with Crippen LogP contribution in [-0.4, -0.2) is 36.5 Å². The maximum absolute atomic E-state index is 14.7. The molecule has 7 nitrogen and oxygen atoms in total. The molecule has 0 saturated carbocycles. The second kappa shape index (κ2) is 7.98. The van der Waals surface area contributed by atoms with Crippen molar-refractivity contribution in [2.24, 2.45) is 5.73 Å². The van der Waals surface area contributed by atoms with E-state index in [1.807, 2.05) is 0 Å². The lowest BCUT2D eigenvalue weighted by molar-refractivity contribution is 0.102. The van der Waals surface area contributed by atoms with Crippen molar-refractivity contribution < 1.29 is 17.6 Å². The van der Waals surface area contributed by atoms with Crippen LogP contribution in [0.2, 0.25) is 5.02 Å². The van der Waals surface area contributed by atoms with Gasteiger partial charge in [-0.3, -0.25) is 10.1 Å². The normalized spacial score (nSPS) is 26.5. The van der Waals surface area contributed by atoms with Crippen molar-refractivity contribution in [1.82, 2.24) is 10.3 Å². The molecule has 3 atom stereocenters. The van der Waals surface area contributed by atoms with Crippen LogP contribution in [0.3, 0.4) is 0 Å². The molecule has 1 aromatic carbocycles. The van der Waals surface area contributed by atoms with Gasteiger partial charge in [-0.2, -0.15) is 0 Å². The summed E-state index contributed by atoms with van der Waals surface area (Å²) < 4.78 is 39.3. The summed E-state index contributed by atoms with van der Waals surface area (Å²) in [6.45, 7) is 3.23. The number of carbonyl (C=O) groups excluding carboxylic acids is 1. The number of nitrogens with two attached hydrogens (primary N) is 1. The predicted molar refractivity (Wildman–Crippen MR) is 110 cm³/mol. The van der Waals surface area contributed by atoms with E-state index in [0.717, 1.165) is 0 Å². The first-order valence-corrected chi connectivity index (χ1v) is 11.1. The molecule has 1 amide bonds. The van der Waals surface area contributed by atoms with E-state index in [9.17, 15) is 17.6 Å². The zero-order chi connectivity index (χ0) is 21.4. The van der Waals surface area contributed by atoms with Crippen LogP contribution in [0, 0.1) is 5.82 Å². The summed E-state index contributed by atoms with van der Waals surface area (Å²) in [5.74, 6) is -1.14. The first-order valence-electron chi connectivity index (χ1n) is 9.00. The Morgan fingerprint density at radius 3 is 2.76 bits per heavy atom. The number of halogens is 2. The van der Waals surface area contributed by atoms with Crippen molar-refractivity contribution in [2.75, 3.05) is 11.1 Å². The van der Waals surface area contributed by atoms with Gasteiger partial charge in [0.05, 0.1) is 22.2 Å². The Bertz CT molecular complexity index is 1030. The van der Waals surface area contributed by atoms with Gasteiger partial charge >= 0.3 is 0 Å². The highest BCUT2D eigenvalue weighted by atomic mass is 35.5. The Labute approximate surface area is 173 Å². The summed E-state index contributed by atoms with van der Waals surface area (Å²) in [4.78, 5) is 16.3. The van der Waals surface area contributed by atoms with Gasteiger partial charge in [0.1, 0.15) is 11.5 Å². The number of amides is 1. The van der Waals surface area contributed by atoms with Crippen LogP contribution in [-0.2, 0) is 15.4 Å². The van der Waals surface area contributed by atoms with Crippen LogP contribution in [0.4, 0.5) is 10.1 Å². The molecule has 0 spiro atoms. The van der Waals surface area contributed by atoms with Gasteiger partial charge in [-0.15, -0.1) is 0 Å². The molecule has 10 heteroatoms. The van der Waals surface area contributed by atoms with Crippen molar-refractivity contribution in [2.45, 2.75) is 37.2 Å². The van der Waals surface area contributed by atoms with Crippen molar-refractivity contribution in [3.63, 3.8) is 0 Å². The molecule has 2 heterocycles. The third-order valence-electron chi connectivity index (χ3n) is 5.22. The Morgan fingerprint density at radius 2 is 2.10 bits per heavy atom. The Balaban J connectivity index is 1.90. The van der Waals surface area contributed by atoms with Crippen molar-refractivity contribution in [3.8, 4) is 0 Å². The van der Waals surface area contributed by atoms with Crippen LogP contribution in [0.1, 0.15) is 36.3 Å². The number of hydrogen-bond acceptors (Lipinski definition) is 6. The van der Waals surface area contributed by atoms with Crippen molar-refractivity contribution in [1.29, 1.82) is 0 Å². The van der Waals surface area contributed by atoms with E-state index < -0.39 is 38.5 Å². The fraction of sp³-hybridized carbons (Fsp3) is 0.368. The summed E-state index contributed by atoms with van der Waals surface area (Å²) in [7, 11) is -3.41. The third kappa shape index (κ3) is 4.58. The average molecular weight is 441 g/mol. The summed E-state index contributed by atoms with van der Waals surface area (Å²) in [6, 6.07) is 7.14. The molecule has 1 saturated heterocycles. The summed E-state index contributed by atoms with van der Waals surface area (Å²) in [5, 5.41) is 5.32. The third-order valence-corrected chi connectivity index (χ3v) is 7.65. The van der Waals surface area contributed by atoms with E-state index >= 15 is 0 Å². The van der Waals surface area contributed by atoms with Gasteiger partial charge in [-0.1, -0.05) is 11.6 Å². The number of anilines is 1. The van der Waals surface area contributed by atoms with Crippen LogP contribution in [0.25, 0.3) is 0 Å². The Kier molecular flexibility index (Phi) is 5.96. The Morgan fingerprint density at radius 1 is 1.38 bits per heavy atom. The van der Waals surface area contributed by atoms with E-state index in [1.54, 1.807) is 13.0 Å². The van der Waals surface area contributed by atoms with Gasteiger partial charge in [0.25, 0.3) is 5.91 Å². The minimum atomic E-state index is -3.41. The number of aromatic nitrogens is 1. The quantitative estimate of drug-likeness (QED) is 0.675. The number of nitrogens with zero attached hydrogens (tertiary/aromatic N) is 1. The maximum atomic E-state index is 14.7. The summed E-state index contributed by atoms with van der Waals surface area (Å²) in [5.41, 5.74) is 5.72. The van der Waals surface area contributed by atoms with Crippen LogP contribution >= 0.6 is 11.6 Å². The van der Waals surface area contributed by atoms with Gasteiger partial charge < -0.3 is 11.1 Å². The number of pyridine rings is 1. The van der Waals surface area contributed by atoms with Gasteiger partial charge in [-0.25, -0.2) is 17.8 Å². The number of sulfone groups is 1. The highest BCUT2D eigenvalue weighted by molar-refractivity contribution is 7.92. The largest absolute Gasteiger partial charge is 0.321 e. The molecule has 3 rings (SSSR count). The number of rotatable bonds is 3. The highest BCUT2D eigenvalue weighted by Gasteiger charge is 2.40. The van der Waals surface area contributed by atoms with Crippen molar-refractivity contribution >= 4 is 33.0 Å². The molecule has 0 aliphatic carbocycles. The minimum Gasteiger partial charge on any atom is -0.321 e.